The molecular formula is C24H22N2O2. The highest BCUT2D eigenvalue weighted by Gasteiger charge is 2.14. The number of hydrogen-bond acceptors (Lipinski definition) is 3. The Hall–Kier alpha value is -3.40. The fraction of sp³-hybridized carbons (Fsp3) is 0.167. The number of hydrogen-bond donors (Lipinski definition) is 0. The molecular weight excluding hydrogens is 348 g/mol. The number of aryl methyl sites for hydroxylation is 2. The molecule has 0 N–H and O–H groups in total. The Morgan fingerprint density at radius 3 is 2.57 bits per heavy atom. The molecule has 1 heterocycles. The van der Waals surface area contributed by atoms with Crippen LogP contribution in [0.5, 0.6) is 0 Å². The largest absolute Gasteiger partial charge is 0.462 e. The summed E-state index contributed by atoms with van der Waals surface area (Å²) in [6.07, 6.45) is 0.912. The fourth-order valence-corrected chi connectivity index (χ4v) is 3.40. The first-order valence-electron chi connectivity index (χ1n) is 9.53. The highest BCUT2D eigenvalue weighted by Crippen LogP contribution is 2.29. The molecule has 4 aromatic rings. The van der Waals surface area contributed by atoms with Gasteiger partial charge in [0.1, 0.15) is 5.69 Å². The maximum Gasteiger partial charge on any atom is 0.338 e. The SMILES string of the molecule is CCOC(=O)c1cccc(-c2nn(CCc3ccccc3)c3ccccc23)c1. The molecule has 0 atom stereocenters. The average Bonchev–Trinajstić information content (AvgIpc) is 3.12. The number of rotatable bonds is 6. The number of aromatic nitrogens is 2. The van der Waals surface area contributed by atoms with Crippen LogP contribution in [0, 0.1) is 0 Å². The highest BCUT2D eigenvalue weighted by atomic mass is 16.5. The maximum atomic E-state index is 12.1. The van der Waals surface area contributed by atoms with E-state index in [1.165, 1.54) is 5.56 Å². The van der Waals surface area contributed by atoms with Crippen LogP contribution < -0.4 is 0 Å². The van der Waals surface area contributed by atoms with Crippen molar-refractivity contribution in [1.29, 1.82) is 0 Å². The second kappa shape index (κ2) is 8.09. The van der Waals surface area contributed by atoms with E-state index in [4.69, 9.17) is 9.84 Å². The quantitative estimate of drug-likeness (QED) is 0.442. The lowest BCUT2D eigenvalue weighted by Gasteiger charge is -2.04. The predicted octanol–water partition coefficient (Wildman–Crippen LogP) is 5.12. The monoisotopic (exact) mass is 370 g/mol. The maximum absolute atomic E-state index is 12.1. The van der Waals surface area contributed by atoms with Crippen LogP contribution in [0.1, 0.15) is 22.8 Å². The van der Waals surface area contributed by atoms with Gasteiger partial charge < -0.3 is 4.74 Å². The second-order valence-electron chi connectivity index (χ2n) is 6.63. The molecule has 0 unspecified atom stereocenters. The lowest BCUT2D eigenvalue weighted by atomic mass is 10.1. The molecule has 0 bridgehead atoms. The number of carbonyl (C=O) groups is 1. The zero-order valence-corrected chi connectivity index (χ0v) is 15.8. The molecule has 4 rings (SSSR count). The first-order valence-corrected chi connectivity index (χ1v) is 9.53. The predicted molar refractivity (Wildman–Crippen MR) is 111 cm³/mol. The number of para-hydroxylation sites is 1. The van der Waals surface area contributed by atoms with Crippen LogP contribution in [0.25, 0.3) is 22.2 Å². The van der Waals surface area contributed by atoms with E-state index in [2.05, 4.69) is 41.1 Å². The van der Waals surface area contributed by atoms with Gasteiger partial charge in [0, 0.05) is 17.5 Å². The summed E-state index contributed by atoms with van der Waals surface area (Å²) in [7, 11) is 0. The van der Waals surface area contributed by atoms with E-state index in [1.807, 2.05) is 43.3 Å². The lowest BCUT2D eigenvalue weighted by molar-refractivity contribution is 0.0526. The lowest BCUT2D eigenvalue weighted by Crippen LogP contribution is -2.05. The van der Waals surface area contributed by atoms with E-state index in [-0.39, 0.29) is 5.97 Å². The zero-order chi connectivity index (χ0) is 19.3. The summed E-state index contributed by atoms with van der Waals surface area (Å²) in [4.78, 5) is 12.1. The third-order valence-electron chi connectivity index (χ3n) is 4.76. The summed E-state index contributed by atoms with van der Waals surface area (Å²) >= 11 is 0. The zero-order valence-electron chi connectivity index (χ0n) is 15.8. The second-order valence-corrected chi connectivity index (χ2v) is 6.63. The molecule has 0 aliphatic heterocycles. The van der Waals surface area contributed by atoms with Gasteiger partial charge in [0.15, 0.2) is 0 Å². The Bertz CT molecular complexity index is 1100. The van der Waals surface area contributed by atoms with Crippen molar-refractivity contribution >= 4 is 16.9 Å². The van der Waals surface area contributed by atoms with Gasteiger partial charge in [-0.15, -0.1) is 0 Å². The van der Waals surface area contributed by atoms with E-state index in [1.54, 1.807) is 6.07 Å². The number of esters is 1. The van der Waals surface area contributed by atoms with Gasteiger partial charge in [0.2, 0.25) is 0 Å². The molecule has 0 saturated heterocycles. The Morgan fingerprint density at radius 2 is 1.75 bits per heavy atom. The summed E-state index contributed by atoms with van der Waals surface area (Å²) < 4.78 is 7.18. The van der Waals surface area contributed by atoms with E-state index in [0.717, 1.165) is 35.1 Å². The minimum absolute atomic E-state index is 0.308. The molecule has 0 aliphatic rings. The number of ether oxygens (including phenoxy) is 1. The molecule has 0 radical (unpaired) electrons. The molecule has 4 heteroatoms. The van der Waals surface area contributed by atoms with Crippen molar-refractivity contribution < 1.29 is 9.53 Å². The standard InChI is InChI=1S/C24H22N2O2/c1-2-28-24(27)20-12-8-11-19(17-20)23-21-13-6-7-14-22(21)26(25-23)16-15-18-9-4-3-5-10-18/h3-14,17H,2,15-16H2,1H3. The van der Waals surface area contributed by atoms with Crippen LogP contribution >= 0.6 is 0 Å². The van der Waals surface area contributed by atoms with E-state index >= 15 is 0 Å². The van der Waals surface area contributed by atoms with Gasteiger partial charge in [-0.1, -0.05) is 60.7 Å². The number of carbonyl (C=O) groups excluding carboxylic acids is 1. The van der Waals surface area contributed by atoms with Crippen molar-refractivity contribution in [3.63, 3.8) is 0 Å². The molecule has 0 amide bonds. The first kappa shape index (κ1) is 18.0. The Morgan fingerprint density at radius 1 is 0.964 bits per heavy atom. The minimum Gasteiger partial charge on any atom is -0.462 e. The molecule has 0 saturated carbocycles. The van der Waals surface area contributed by atoms with Gasteiger partial charge >= 0.3 is 5.97 Å². The van der Waals surface area contributed by atoms with Crippen LogP contribution in [0.15, 0.2) is 78.9 Å². The van der Waals surface area contributed by atoms with Crippen molar-refractivity contribution in [2.24, 2.45) is 0 Å². The third-order valence-corrected chi connectivity index (χ3v) is 4.76. The summed E-state index contributed by atoms with van der Waals surface area (Å²) in [5.74, 6) is -0.308. The van der Waals surface area contributed by atoms with Gasteiger partial charge in [0.05, 0.1) is 17.7 Å². The van der Waals surface area contributed by atoms with Gasteiger partial charge in [-0.25, -0.2) is 4.79 Å². The summed E-state index contributed by atoms with van der Waals surface area (Å²) in [5.41, 5.74) is 4.72. The van der Waals surface area contributed by atoms with Gasteiger partial charge in [-0.05, 0) is 37.1 Å². The average molecular weight is 370 g/mol. The van der Waals surface area contributed by atoms with E-state index in [9.17, 15) is 4.79 Å². The molecule has 28 heavy (non-hydrogen) atoms. The van der Waals surface area contributed by atoms with E-state index < -0.39 is 0 Å². The highest BCUT2D eigenvalue weighted by molar-refractivity contribution is 5.96. The van der Waals surface area contributed by atoms with Gasteiger partial charge in [-0.2, -0.15) is 5.10 Å². The Balaban J connectivity index is 1.70. The van der Waals surface area contributed by atoms with Crippen molar-refractivity contribution in [3.05, 3.63) is 90.0 Å². The van der Waals surface area contributed by atoms with Crippen molar-refractivity contribution in [1.82, 2.24) is 9.78 Å². The Kier molecular flexibility index (Phi) is 5.20. The molecule has 0 spiro atoms. The van der Waals surface area contributed by atoms with Crippen LogP contribution in [0.4, 0.5) is 0 Å². The number of fused-ring (bicyclic) bond motifs is 1. The first-order chi connectivity index (χ1) is 13.8. The molecule has 3 aromatic carbocycles. The van der Waals surface area contributed by atoms with Crippen molar-refractivity contribution in [2.45, 2.75) is 19.9 Å². The minimum atomic E-state index is -0.308. The van der Waals surface area contributed by atoms with Crippen LogP contribution in [0.2, 0.25) is 0 Å². The van der Waals surface area contributed by atoms with Crippen LogP contribution in [0.3, 0.4) is 0 Å². The van der Waals surface area contributed by atoms with Gasteiger partial charge in [0.25, 0.3) is 0 Å². The molecule has 4 nitrogen and oxygen atoms in total. The van der Waals surface area contributed by atoms with Crippen molar-refractivity contribution in [3.8, 4) is 11.3 Å². The normalized spacial score (nSPS) is 10.9. The number of benzene rings is 3. The smallest absolute Gasteiger partial charge is 0.338 e. The van der Waals surface area contributed by atoms with Crippen molar-refractivity contribution in [2.75, 3.05) is 6.61 Å². The fourth-order valence-electron chi connectivity index (χ4n) is 3.40. The molecule has 1 aromatic heterocycles. The molecule has 0 aliphatic carbocycles. The van der Waals surface area contributed by atoms with Crippen LogP contribution in [-0.4, -0.2) is 22.4 Å². The van der Waals surface area contributed by atoms with Gasteiger partial charge in [-0.3, -0.25) is 4.68 Å². The topological polar surface area (TPSA) is 44.1 Å². The molecule has 0 fully saturated rings. The third kappa shape index (κ3) is 3.67. The van der Waals surface area contributed by atoms with Crippen LogP contribution in [-0.2, 0) is 17.7 Å². The summed E-state index contributed by atoms with van der Waals surface area (Å²) in [6, 6.07) is 26.1. The number of nitrogens with zero attached hydrogens (tertiary/aromatic N) is 2. The summed E-state index contributed by atoms with van der Waals surface area (Å²) in [5, 5.41) is 5.97. The summed E-state index contributed by atoms with van der Waals surface area (Å²) in [6.45, 7) is 2.96. The van der Waals surface area contributed by atoms with E-state index in [0.29, 0.717) is 12.2 Å². The Labute approximate surface area is 164 Å². The molecule has 140 valence electrons.